The van der Waals surface area contributed by atoms with E-state index in [0.29, 0.717) is 17.8 Å². The number of aromatic nitrogens is 2. The summed E-state index contributed by atoms with van der Waals surface area (Å²) in [6, 6.07) is 8.12. The highest BCUT2D eigenvalue weighted by Gasteiger charge is 2.31. The van der Waals surface area contributed by atoms with Gasteiger partial charge >= 0.3 is 0 Å². The van der Waals surface area contributed by atoms with Crippen molar-refractivity contribution in [3.63, 3.8) is 0 Å². The number of nitrogens with one attached hydrogen (secondary N) is 1. The predicted molar refractivity (Wildman–Crippen MR) is 75.6 cm³/mol. The van der Waals surface area contributed by atoms with Crippen LogP contribution < -0.4 is 10.1 Å². The Hall–Kier alpha value is -1.88. The van der Waals surface area contributed by atoms with Gasteiger partial charge in [-0.3, -0.25) is 0 Å². The van der Waals surface area contributed by atoms with E-state index in [4.69, 9.17) is 9.26 Å². The van der Waals surface area contributed by atoms with Gasteiger partial charge in [0.05, 0.1) is 7.11 Å². The Morgan fingerprint density at radius 2 is 2.30 bits per heavy atom. The lowest BCUT2D eigenvalue weighted by Gasteiger charge is -2.11. The van der Waals surface area contributed by atoms with E-state index in [0.717, 1.165) is 23.7 Å². The van der Waals surface area contributed by atoms with Gasteiger partial charge in [-0.2, -0.15) is 4.98 Å². The zero-order valence-electron chi connectivity index (χ0n) is 11.8. The zero-order valence-corrected chi connectivity index (χ0v) is 11.8. The third-order valence-corrected chi connectivity index (χ3v) is 3.75. The van der Waals surface area contributed by atoms with Gasteiger partial charge in [0.2, 0.25) is 11.7 Å². The quantitative estimate of drug-likeness (QED) is 0.875. The minimum absolute atomic E-state index is 0.439. The van der Waals surface area contributed by atoms with Gasteiger partial charge in [-0.05, 0) is 37.9 Å². The molecule has 1 saturated carbocycles. The average molecular weight is 273 g/mol. The van der Waals surface area contributed by atoms with Crippen LogP contribution in [0.1, 0.15) is 18.7 Å². The highest BCUT2D eigenvalue weighted by Crippen LogP contribution is 2.34. The monoisotopic (exact) mass is 273 g/mol. The van der Waals surface area contributed by atoms with Crippen molar-refractivity contribution < 1.29 is 9.26 Å². The maximum Gasteiger partial charge on any atom is 0.228 e. The predicted octanol–water partition coefficient (Wildman–Crippen LogP) is 2.29. The van der Waals surface area contributed by atoms with Crippen molar-refractivity contribution in [2.24, 2.45) is 5.92 Å². The molecule has 1 atom stereocenters. The summed E-state index contributed by atoms with van der Waals surface area (Å²) in [5, 5.41) is 7.39. The summed E-state index contributed by atoms with van der Waals surface area (Å²) in [5.74, 6) is 2.85. The largest absolute Gasteiger partial charge is 0.497 e. The number of hydrogen-bond donors (Lipinski definition) is 1. The molecule has 1 aromatic heterocycles. The van der Waals surface area contributed by atoms with Crippen LogP contribution in [0.15, 0.2) is 28.8 Å². The Balaban J connectivity index is 1.75. The first-order valence-electron chi connectivity index (χ1n) is 6.94. The lowest BCUT2D eigenvalue weighted by Crippen LogP contribution is -2.29. The molecule has 0 aliphatic heterocycles. The molecular weight excluding hydrogens is 254 g/mol. The SMILES string of the molecule is CNC(Cc1nc(-c2cccc(OC)c2)no1)C1CC1. The molecule has 106 valence electrons. The van der Waals surface area contributed by atoms with Crippen LogP contribution >= 0.6 is 0 Å². The van der Waals surface area contributed by atoms with Gasteiger partial charge in [0.1, 0.15) is 5.75 Å². The zero-order chi connectivity index (χ0) is 13.9. The Bertz CT molecular complexity index is 578. The number of likely N-dealkylation sites (N-methyl/N-ethyl adjacent to an activating group) is 1. The maximum absolute atomic E-state index is 5.36. The van der Waals surface area contributed by atoms with E-state index >= 15 is 0 Å². The summed E-state index contributed by atoms with van der Waals surface area (Å²) >= 11 is 0. The molecule has 1 fully saturated rings. The lowest BCUT2D eigenvalue weighted by molar-refractivity contribution is 0.352. The highest BCUT2D eigenvalue weighted by atomic mass is 16.5. The van der Waals surface area contributed by atoms with Crippen molar-refractivity contribution in [2.45, 2.75) is 25.3 Å². The fourth-order valence-corrected chi connectivity index (χ4v) is 2.41. The highest BCUT2D eigenvalue weighted by molar-refractivity contribution is 5.56. The van der Waals surface area contributed by atoms with E-state index in [-0.39, 0.29) is 0 Å². The summed E-state index contributed by atoms with van der Waals surface area (Å²) in [4.78, 5) is 4.48. The number of hydrogen-bond acceptors (Lipinski definition) is 5. The summed E-state index contributed by atoms with van der Waals surface area (Å²) in [5.41, 5.74) is 0.909. The molecular formula is C15H19N3O2. The van der Waals surface area contributed by atoms with Gasteiger partial charge in [-0.1, -0.05) is 17.3 Å². The van der Waals surface area contributed by atoms with Gasteiger partial charge in [0.25, 0.3) is 0 Å². The molecule has 0 spiro atoms. The third-order valence-electron chi connectivity index (χ3n) is 3.75. The fraction of sp³-hybridized carbons (Fsp3) is 0.467. The van der Waals surface area contributed by atoms with E-state index in [2.05, 4.69) is 15.5 Å². The Labute approximate surface area is 118 Å². The molecule has 1 unspecified atom stereocenters. The van der Waals surface area contributed by atoms with Crippen LogP contribution in [0.25, 0.3) is 11.4 Å². The smallest absolute Gasteiger partial charge is 0.228 e. The second-order valence-corrected chi connectivity index (χ2v) is 5.18. The maximum atomic E-state index is 5.36. The van der Waals surface area contributed by atoms with E-state index < -0.39 is 0 Å². The molecule has 1 N–H and O–H groups in total. The number of rotatable bonds is 6. The van der Waals surface area contributed by atoms with Crippen molar-refractivity contribution >= 4 is 0 Å². The van der Waals surface area contributed by atoms with E-state index in [9.17, 15) is 0 Å². The van der Waals surface area contributed by atoms with Crippen molar-refractivity contribution in [1.29, 1.82) is 0 Å². The molecule has 2 aromatic rings. The number of benzene rings is 1. The third kappa shape index (κ3) is 2.82. The second-order valence-electron chi connectivity index (χ2n) is 5.18. The Morgan fingerprint density at radius 1 is 1.45 bits per heavy atom. The lowest BCUT2D eigenvalue weighted by atomic mass is 10.1. The molecule has 1 aromatic carbocycles. The van der Waals surface area contributed by atoms with Crippen molar-refractivity contribution in [3.05, 3.63) is 30.2 Å². The summed E-state index contributed by atoms with van der Waals surface area (Å²) in [7, 11) is 3.64. The number of ether oxygens (including phenoxy) is 1. The van der Waals surface area contributed by atoms with Crippen LogP contribution in [-0.2, 0) is 6.42 Å². The normalized spacial score (nSPS) is 16.1. The molecule has 1 heterocycles. The van der Waals surface area contributed by atoms with Gasteiger partial charge in [-0.15, -0.1) is 0 Å². The Kier molecular flexibility index (Phi) is 3.69. The molecule has 0 radical (unpaired) electrons. The molecule has 0 amide bonds. The summed E-state index contributed by atoms with van der Waals surface area (Å²) in [6.07, 6.45) is 3.38. The Morgan fingerprint density at radius 3 is 3.00 bits per heavy atom. The van der Waals surface area contributed by atoms with Crippen LogP contribution in [0.2, 0.25) is 0 Å². The van der Waals surface area contributed by atoms with E-state index in [1.807, 2.05) is 31.3 Å². The second kappa shape index (κ2) is 5.63. The number of methoxy groups -OCH3 is 1. The molecule has 0 saturated heterocycles. The van der Waals surface area contributed by atoms with Gasteiger partial charge in [0, 0.05) is 18.0 Å². The van der Waals surface area contributed by atoms with Gasteiger partial charge < -0.3 is 14.6 Å². The van der Waals surface area contributed by atoms with Crippen molar-refractivity contribution in [2.75, 3.05) is 14.2 Å². The standard InChI is InChI=1S/C15H19N3O2/c1-16-13(10-6-7-10)9-14-17-15(18-20-14)11-4-3-5-12(8-11)19-2/h3-5,8,10,13,16H,6-7,9H2,1-2H3. The van der Waals surface area contributed by atoms with Gasteiger partial charge in [-0.25, -0.2) is 0 Å². The van der Waals surface area contributed by atoms with Gasteiger partial charge in [0.15, 0.2) is 0 Å². The van der Waals surface area contributed by atoms with Crippen molar-refractivity contribution in [1.82, 2.24) is 15.5 Å². The molecule has 1 aliphatic rings. The topological polar surface area (TPSA) is 60.2 Å². The average Bonchev–Trinajstić information content (AvgIpc) is 3.23. The van der Waals surface area contributed by atoms with Crippen LogP contribution in [-0.4, -0.2) is 30.3 Å². The number of nitrogens with zero attached hydrogens (tertiary/aromatic N) is 2. The molecule has 20 heavy (non-hydrogen) atoms. The fourth-order valence-electron chi connectivity index (χ4n) is 2.41. The molecule has 1 aliphatic carbocycles. The molecule has 0 bridgehead atoms. The van der Waals surface area contributed by atoms with E-state index in [1.54, 1.807) is 7.11 Å². The summed E-state index contributed by atoms with van der Waals surface area (Å²) < 4.78 is 10.6. The molecule has 5 nitrogen and oxygen atoms in total. The summed E-state index contributed by atoms with van der Waals surface area (Å²) in [6.45, 7) is 0. The van der Waals surface area contributed by atoms with Crippen molar-refractivity contribution in [3.8, 4) is 17.1 Å². The minimum Gasteiger partial charge on any atom is -0.497 e. The molecule has 5 heteroatoms. The van der Waals surface area contributed by atoms with E-state index in [1.165, 1.54) is 12.8 Å². The first kappa shape index (κ1) is 13.1. The minimum atomic E-state index is 0.439. The van der Waals surface area contributed by atoms with Crippen LogP contribution in [0, 0.1) is 5.92 Å². The van der Waals surface area contributed by atoms with Crippen LogP contribution in [0.4, 0.5) is 0 Å². The first-order chi connectivity index (χ1) is 9.80. The molecule has 3 rings (SSSR count). The van der Waals surface area contributed by atoms with Crippen LogP contribution in [0.3, 0.4) is 0 Å². The first-order valence-corrected chi connectivity index (χ1v) is 6.94. The van der Waals surface area contributed by atoms with Crippen LogP contribution in [0.5, 0.6) is 5.75 Å².